The molecule has 0 aromatic heterocycles. The molecule has 1 heterocycles. The second kappa shape index (κ2) is 5.62. The number of nitrogens with one attached hydrogen (secondary N) is 1. The van der Waals surface area contributed by atoms with E-state index < -0.39 is 23.9 Å². The Labute approximate surface area is 98.9 Å². The van der Waals surface area contributed by atoms with E-state index in [0.29, 0.717) is 25.9 Å². The summed E-state index contributed by atoms with van der Waals surface area (Å²) >= 11 is 0. The Morgan fingerprint density at radius 2 is 1.88 bits per heavy atom. The number of urea groups is 1. The van der Waals surface area contributed by atoms with E-state index in [1.807, 2.05) is 10.2 Å². The lowest BCUT2D eigenvalue weighted by molar-refractivity contribution is -0.143. The second-order valence-corrected chi connectivity index (χ2v) is 4.18. The van der Waals surface area contributed by atoms with Crippen LogP contribution >= 0.6 is 0 Å². The standard InChI is InChI=1S/C10H17N3O4/c1-6(8(14)12-10(11)17)13-4-2-7(3-5-13)9(15)16/h6-7H,2-5H2,1H3,(H,15,16)(H3,11,12,14,17). The van der Waals surface area contributed by atoms with Gasteiger partial charge in [-0.2, -0.15) is 0 Å². The van der Waals surface area contributed by atoms with Crippen molar-refractivity contribution in [1.82, 2.24) is 10.2 Å². The zero-order valence-corrected chi connectivity index (χ0v) is 9.68. The summed E-state index contributed by atoms with van der Waals surface area (Å²) in [6, 6.07) is -1.35. The van der Waals surface area contributed by atoms with E-state index in [0.717, 1.165) is 0 Å². The highest BCUT2D eigenvalue weighted by Gasteiger charge is 2.29. The molecule has 0 aromatic rings. The number of piperidine rings is 1. The van der Waals surface area contributed by atoms with Crippen molar-refractivity contribution < 1.29 is 19.5 Å². The van der Waals surface area contributed by atoms with Crippen LogP contribution in [0.25, 0.3) is 0 Å². The molecule has 0 spiro atoms. The third-order valence-electron chi connectivity index (χ3n) is 3.05. The first-order valence-corrected chi connectivity index (χ1v) is 5.49. The number of carboxylic acid groups (broad SMARTS) is 1. The molecule has 1 unspecified atom stereocenters. The van der Waals surface area contributed by atoms with Crippen LogP contribution in [0.4, 0.5) is 4.79 Å². The molecule has 1 aliphatic heterocycles. The number of carboxylic acids is 1. The number of hydrogen-bond acceptors (Lipinski definition) is 4. The molecule has 0 aliphatic carbocycles. The van der Waals surface area contributed by atoms with Crippen LogP contribution in [-0.2, 0) is 9.59 Å². The normalized spacial score (nSPS) is 19.6. The first-order valence-electron chi connectivity index (χ1n) is 5.49. The summed E-state index contributed by atoms with van der Waals surface area (Å²) in [7, 11) is 0. The van der Waals surface area contributed by atoms with E-state index in [9.17, 15) is 14.4 Å². The largest absolute Gasteiger partial charge is 0.481 e. The van der Waals surface area contributed by atoms with Gasteiger partial charge in [0, 0.05) is 0 Å². The summed E-state index contributed by atoms with van der Waals surface area (Å²) in [6.07, 6.45) is 1.03. The molecule has 0 bridgehead atoms. The van der Waals surface area contributed by atoms with Gasteiger partial charge >= 0.3 is 12.0 Å². The van der Waals surface area contributed by atoms with Gasteiger partial charge in [0.25, 0.3) is 0 Å². The third-order valence-corrected chi connectivity index (χ3v) is 3.05. The van der Waals surface area contributed by atoms with Gasteiger partial charge in [-0.15, -0.1) is 0 Å². The number of rotatable bonds is 3. The number of likely N-dealkylation sites (tertiary alicyclic amines) is 1. The van der Waals surface area contributed by atoms with Crippen molar-refractivity contribution in [3.63, 3.8) is 0 Å². The molecule has 1 rings (SSSR count). The second-order valence-electron chi connectivity index (χ2n) is 4.18. The monoisotopic (exact) mass is 243 g/mol. The fraction of sp³-hybridized carbons (Fsp3) is 0.700. The highest BCUT2D eigenvalue weighted by Crippen LogP contribution is 2.19. The maximum atomic E-state index is 11.5. The maximum Gasteiger partial charge on any atom is 0.318 e. The molecule has 0 aromatic carbocycles. The van der Waals surface area contributed by atoms with E-state index in [1.54, 1.807) is 6.92 Å². The van der Waals surface area contributed by atoms with Crippen molar-refractivity contribution >= 4 is 17.9 Å². The molecule has 1 aliphatic rings. The van der Waals surface area contributed by atoms with Crippen LogP contribution in [0, 0.1) is 5.92 Å². The average Bonchev–Trinajstić information content (AvgIpc) is 2.27. The van der Waals surface area contributed by atoms with E-state index in [4.69, 9.17) is 10.8 Å². The minimum absolute atomic E-state index is 0.336. The number of aliphatic carboxylic acids is 1. The number of hydrogen-bond donors (Lipinski definition) is 3. The van der Waals surface area contributed by atoms with Gasteiger partial charge in [-0.3, -0.25) is 19.8 Å². The minimum atomic E-state index is -0.873. The Balaban J connectivity index is 2.45. The molecule has 7 nitrogen and oxygen atoms in total. The van der Waals surface area contributed by atoms with Gasteiger partial charge < -0.3 is 10.8 Å². The molecule has 3 amide bonds. The molecule has 0 radical (unpaired) electrons. The summed E-state index contributed by atoms with van der Waals surface area (Å²) in [5.41, 5.74) is 4.86. The first-order chi connectivity index (χ1) is 7.91. The number of amides is 3. The van der Waals surface area contributed by atoms with Crippen LogP contribution in [0.1, 0.15) is 19.8 Å². The summed E-state index contributed by atoms with van der Waals surface area (Å²) in [4.78, 5) is 34.6. The van der Waals surface area contributed by atoms with Gasteiger partial charge in [0.15, 0.2) is 0 Å². The number of nitrogens with two attached hydrogens (primary N) is 1. The zero-order valence-electron chi connectivity index (χ0n) is 9.68. The highest BCUT2D eigenvalue weighted by atomic mass is 16.4. The van der Waals surface area contributed by atoms with Crippen molar-refractivity contribution in [2.45, 2.75) is 25.8 Å². The van der Waals surface area contributed by atoms with E-state index in [1.165, 1.54) is 0 Å². The Morgan fingerprint density at radius 3 is 2.29 bits per heavy atom. The Morgan fingerprint density at radius 1 is 1.35 bits per heavy atom. The SMILES string of the molecule is CC(C(=O)NC(N)=O)N1CCC(C(=O)O)CC1. The number of nitrogens with zero attached hydrogens (tertiary/aromatic N) is 1. The van der Waals surface area contributed by atoms with Crippen molar-refractivity contribution in [1.29, 1.82) is 0 Å². The zero-order chi connectivity index (χ0) is 13.0. The van der Waals surface area contributed by atoms with Gasteiger partial charge in [-0.05, 0) is 32.9 Å². The molecule has 1 fully saturated rings. The minimum Gasteiger partial charge on any atom is -0.481 e. The smallest absolute Gasteiger partial charge is 0.318 e. The maximum absolute atomic E-state index is 11.5. The lowest BCUT2D eigenvalue weighted by Gasteiger charge is -2.33. The van der Waals surface area contributed by atoms with Gasteiger partial charge in [0.1, 0.15) is 0 Å². The molecule has 7 heteroatoms. The van der Waals surface area contributed by atoms with E-state index in [-0.39, 0.29) is 5.92 Å². The van der Waals surface area contributed by atoms with Crippen molar-refractivity contribution in [3.8, 4) is 0 Å². The summed E-state index contributed by atoms with van der Waals surface area (Å²) < 4.78 is 0. The molecule has 4 N–H and O–H groups in total. The van der Waals surface area contributed by atoms with Crippen molar-refractivity contribution in [2.75, 3.05) is 13.1 Å². The molecule has 1 atom stereocenters. The molecule has 96 valence electrons. The van der Waals surface area contributed by atoms with Crippen LogP contribution in [0.5, 0.6) is 0 Å². The summed E-state index contributed by atoms with van der Waals surface area (Å²) in [6.45, 7) is 2.73. The van der Waals surface area contributed by atoms with Crippen LogP contribution in [0.15, 0.2) is 0 Å². The van der Waals surface area contributed by atoms with Crippen LogP contribution in [0.3, 0.4) is 0 Å². The summed E-state index contributed by atoms with van der Waals surface area (Å²) in [5.74, 6) is -1.58. The average molecular weight is 243 g/mol. The van der Waals surface area contributed by atoms with Crippen LogP contribution < -0.4 is 11.1 Å². The van der Waals surface area contributed by atoms with Crippen molar-refractivity contribution in [2.24, 2.45) is 11.7 Å². The molecule has 1 saturated heterocycles. The number of carbonyl (C=O) groups is 3. The Kier molecular flexibility index (Phi) is 4.45. The lowest BCUT2D eigenvalue weighted by Crippen LogP contribution is -2.51. The van der Waals surface area contributed by atoms with Gasteiger partial charge in [-0.1, -0.05) is 0 Å². The fourth-order valence-electron chi connectivity index (χ4n) is 1.93. The fourth-order valence-corrected chi connectivity index (χ4v) is 1.93. The van der Waals surface area contributed by atoms with Crippen LogP contribution in [-0.4, -0.2) is 47.0 Å². The predicted octanol–water partition coefficient (Wildman–Crippen LogP) is -0.634. The molecule has 0 saturated carbocycles. The molecular formula is C10H17N3O4. The topological polar surface area (TPSA) is 113 Å². The van der Waals surface area contributed by atoms with Gasteiger partial charge in [-0.25, -0.2) is 4.79 Å². The van der Waals surface area contributed by atoms with E-state index >= 15 is 0 Å². The van der Waals surface area contributed by atoms with Crippen molar-refractivity contribution in [3.05, 3.63) is 0 Å². The number of primary amides is 1. The first kappa shape index (κ1) is 13.4. The Hall–Kier alpha value is -1.63. The van der Waals surface area contributed by atoms with Gasteiger partial charge in [0.2, 0.25) is 5.91 Å². The molecular weight excluding hydrogens is 226 g/mol. The lowest BCUT2D eigenvalue weighted by atomic mass is 9.96. The number of carbonyl (C=O) groups excluding carboxylic acids is 2. The Bertz CT molecular complexity index is 324. The van der Waals surface area contributed by atoms with Crippen LogP contribution in [0.2, 0.25) is 0 Å². The highest BCUT2D eigenvalue weighted by molar-refractivity contribution is 5.96. The molecule has 17 heavy (non-hydrogen) atoms. The van der Waals surface area contributed by atoms with E-state index in [2.05, 4.69) is 0 Å². The number of imide groups is 1. The third kappa shape index (κ3) is 3.70. The van der Waals surface area contributed by atoms with Gasteiger partial charge in [0.05, 0.1) is 12.0 Å². The predicted molar refractivity (Wildman–Crippen MR) is 59.1 cm³/mol. The summed E-state index contributed by atoms with van der Waals surface area (Å²) in [5, 5.41) is 10.8. The quantitative estimate of drug-likeness (QED) is 0.610.